The summed E-state index contributed by atoms with van der Waals surface area (Å²) in [6.45, 7) is 0. The highest BCUT2D eigenvalue weighted by atomic mass is 15.1. The van der Waals surface area contributed by atoms with E-state index in [2.05, 4.69) is 9.55 Å². The second-order valence-electron chi connectivity index (χ2n) is 3.63. The summed E-state index contributed by atoms with van der Waals surface area (Å²) in [6.07, 6.45) is 8.61. The van der Waals surface area contributed by atoms with Crippen molar-refractivity contribution in [3.05, 3.63) is 17.7 Å². The van der Waals surface area contributed by atoms with Crippen LogP contribution in [0, 0.1) is 0 Å². The maximum atomic E-state index is 4.42. The molecule has 0 aliphatic heterocycles. The van der Waals surface area contributed by atoms with Crippen molar-refractivity contribution in [1.29, 1.82) is 0 Å². The van der Waals surface area contributed by atoms with E-state index in [-0.39, 0.29) is 0 Å². The lowest BCUT2D eigenvalue weighted by Crippen LogP contribution is -1.96. The first kappa shape index (κ1) is 5.81. The first-order valence-electron chi connectivity index (χ1n) is 4.50. The number of fused-ring (bicyclic) bond motifs is 1. The maximum absolute atomic E-state index is 4.42. The van der Waals surface area contributed by atoms with Crippen LogP contribution in [-0.2, 0) is 12.8 Å². The highest BCUT2D eigenvalue weighted by Crippen LogP contribution is 2.37. The molecule has 2 aliphatic rings. The van der Waals surface area contributed by atoms with E-state index in [1.807, 2.05) is 6.33 Å². The van der Waals surface area contributed by atoms with Crippen LogP contribution in [0.25, 0.3) is 0 Å². The molecule has 2 heteroatoms. The van der Waals surface area contributed by atoms with Crippen LogP contribution in [0.4, 0.5) is 0 Å². The summed E-state index contributed by atoms with van der Waals surface area (Å²) in [5.41, 5.74) is 2.91. The van der Waals surface area contributed by atoms with Crippen LogP contribution in [0.3, 0.4) is 0 Å². The van der Waals surface area contributed by atoms with Crippen molar-refractivity contribution in [2.75, 3.05) is 0 Å². The summed E-state index contributed by atoms with van der Waals surface area (Å²) in [5.74, 6) is 0. The minimum atomic E-state index is 0.823. The topological polar surface area (TPSA) is 17.8 Å². The quantitative estimate of drug-likeness (QED) is 0.592. The monoisotopic (exact) mass is 148 g/mol. The Morgan fingerprint density at radius 3 is 3.09 bits per heavy atom. The first-order chi connectivity index (χ1) is 5.45. The number of aromatic nitrogens is 2. The Kier molecular flexibility index (Phi) is 0.989. The molecule has 1 saturated carbocycles. The molecular formula is C9H12N2. The average Bonchev–Trinajstić information content (AvgIpc) is 2.63. The first-order valence-corrected chi connectivity index (χ1v) is 4.50. The van der Waals surface area contributed by atoms with Crippen molar-refractivity contribution in [3.63, 3.8) is 0 Å². The summed E-state index contributed by atoms with van der Waals surface area (Å²) in [5, 5.41) is 0. The van der Waals surface area contributed by atoms with Crippen molar-refractivity contribution >= 4 is 0 Å². The molecule has 0 saturated heterocycles. The van der Waals surface area contributed by atoms with E-state index < -0.39 is 0 Å². The number of aryl methyl sites for hydroxylation is 1. The zero-order chi connectivity index (χ0) is 7.26. The van der Waals surface area contributed by atoms with Crippen LogP contribution in [0.1, 0.15) is 36.7 Å². The van der Waals surface area contributed by atoms with Crippen molar-refractivity contribution in [2.45, 2.75) is 38.1 Å². The molecule has 0 N–H and O–H groups in total. The largest absolute Gasteiger partial charge is 0.331 e. The van der Waals surface area contributed by atoms with Gasteiger partial charge >= 0.3 is 0 Å². The fourth-order valence-electron chi connectivity index (χ4n) is 2.00. The molecule has 11 heavy (non-hydrogen) atoms. The van der Waals surface area contributed by atoms with Gasteiger partial charge in [-0.25, -0.2) is 4.98 Å². The van der Waals surface area contributed by atoms with Crippen molar-refractivity contribution in [3.8, 4) is 0 Å². The molecule has 1 fully saturated rings. The zero-order valence-electron chi connectivity index (χ0n) is 6.58. The minimum Gasteiger partial charge on any atom is -0.331 e. The third-order valence-electron chi connectivity index (χ3n) is 2.75. The minimum absolute atomic E-state index is 0.823. The molecule has 0 aromatic carbocycles. The molecule has 0 amide bonds. The summed E-state index contributed by atoms with van der Waals surface area (Å²) in [6, 6.07) is 0.823. The standard InChI is InChI=1S/C9H12N2/c1-2-8-9(3-1)11(6-10-8)7-4-5-7/h6-7H,1-5H2. The molecule has 1 aromatic rings. The van der Waals surface area contributed by atoms with Gasteiger partial charge in [-0.2, -0.15) is 0 Å². The summed E-state index contributed by atoms with van der Waals surface area (Å²) < 4.78 is 2.41. The summed E-state index contributed by atoms with van der Waals surface area (Å²) in [7, 11) is 0. The Morgan fingerprint density at radius 2 is 2.27 bits per heavy atom. The van der Waals surface area contributed by atoms with Crippen LogP contribution in [0.5, 0.6) is 0 Å². The van der Waals surface area contributed by atoms with E-state index in [4.69, 9.17) is 0 Å². The van der Waals surface area contributed by atoms with Gasteiger partial charge in [-0.15, -0.1) is 0 Å². The van der Waals surface area contributed by atoms with E-state index in [0.717, 1.165) is 6.04 Å². The van der Waals surface area contributed by atoms with Gasteiger partial charge in [0.05, 0.1) is 12.0 Å². The predicted octanol–water partition coefficient (Wildman–Crippen LogP) is 1.71. The lowest BCUT2D eigenvalue weighted by atomic mass is 10.3. The Morgan fingerprint density at radius 1 is 1.36 bits per heavy atom. The highest BCUT2D eigenvalue weighted by molar-refractivity contribution is 5.20. The maximum Gasteiger partial charge on any atom is 0.0954 e. The van der Waals surface area contributed by atoms with E-state index >= 15 is 0 Å². The highest BCUT2D eigenvalue weighted by Gasteiger charge is 2.28. The molecule has 0 spiro atoms. The second-order valence-corrected chi connectivity index (χ2v) is 3.63. The van der Waals surface area contributed by atoms with Gasteiger partial charge in [0.1, 0.15) is 0 Å². The number of nitrogens with zero attached hydrogens (tertiary/aromatic N) is 2. The molecule has 3 rings (SSSR count). The molecule has 58 valence electrons. The number of rotatable bonds is 1. The van der Waals surface area contributed by atoms with E-state index in [1.165, 1.54) is 43.5 Å². The molecule has 2 nitrogen and oxygen atoms in total. The van der Waals surface area contributed by atoms with Crippen LogP contribution < -0.4 is 0 Å². The molecule has 0 atom stereocenters. The molecule has 1 aromatic heterocycles. The fraction of sp³-hybridized carbons (Fsp3) is 0.667. The fourth-order valence-corrected chi connectivity index (χ4v) is 2.00. The number of hydrogen-bond acceptors (Lipinski definition) is 1. The smallest absolute Gasteiger partial charge is 0.0954 e. The molecule has 0 unspecified atom stereocenters. The van der Waals surface area contributed by atoms with Gasteiger partial charge in [0.2, 0.25) is 0 Å². The SMILES string of the molecule is c1nc2c(n1C1CC1)CCC2. The van der Waals surface area contributed by atoms with Crippen LogP contribution in [-0.4, -0.2) is 9.55 Å². The molecule has 2 aliphatic carbocycles. The second kappa shape index (κ2) is 1.87. The summed E-state index contributed by atoms with van der Waals surface area (Å²) in [4.78, 5) is 4.42. The Hall–Kier alpha value is -0.790. The molecule has 1 heterocycles. The van der Waals surface area contributed by atoms with Crippen molar-refractivity contribution in [2.24, 2.45) is 0 Å². The third kappa shape index (κ3) is 0.753. The van der Waals surface area contributed by atoms with Crippen LogP contribution in [0.2, 0.25) is 0 Å². The lowest BCUT2D eigenvalue weighted by molar-refractivity contribution is 0.691. The number of imidazole rings is 1. The van der Waals surface area contributed by atoms with E-state index in [0.29, 0.717) is 0 Å². The van der Waals surface area contributed by atoms with Gasteiger partial charge in [-0.3, -0.25) is 0 Å². The lowest BCUT2D eigenvalue weighted by Gasteiger charge is -2.01. The van der Waals surface area contributed by atoms with E-state index in [9.17, 15) is 0 Å². The Labute approximate surface area is 66.2 Å². The zero-order valence-corrected chi connectivity index (χ0v) is 6.58. The average molecular weight is 148 g/mol. The Bertz CT molecular complexity index is 284. The van der Waals surface area contributed by atoms with E-state index in [1.54, 1.807) is 0 Å². The van der Waals surface area contributed by atoms with Gasteiger partial charge in [-0.1, -0.05) is 0 Å². The molecule has 0 radical (unpaired) electrons. The van der Waals surface area contributed by atoms with Crippen LogP contribution in [0.15, 0.2) is 6.33 Å². The normalized spacial score (nSPS) is 22.2. The van der Waals surface area contributed by atoms with Crippen LogP contribution >= 0.6 is 0 Å². The summed E-state index contributed by atoms with van der Waals surface area (Å²) >= 11 is 0. The van der Waals surface area contributed by atoms with Gasteiger partial charge in [-0.05, 0) is 32.1 Å². The molecular weight excluding hydrogens is 136 g/mol. The molecule has 0 bridgehead atoms. The Balaban J connectivity index is 2.09. The van der Waals surface area contributed by atoms with Crippen molar-refractivity contribution < 1.29 is 0 Å². The van der Waals surface area contributed by atoms with Gasteiger partial charge in [0.25, 0.3) is 0 Å². The van der Waals surface area contributed by atoms with Gasteiger partial charge < -0.3 is 4.57 Å². The van der Waals surface area contributed by atoms with Gasteiger partial charge in [0.15, 0.2) is 0 Å². The predicted molar refractivity (Wildman–Crippen MR) is 42.5 cm³/mol. The third-order valence-corrected chi connectivity index (χ3v) is 2.75. The number of hydrogen-bond donors (Lipinski definition) is 0. The van der Waals surface area contributed by atoms with Gasteiger partial charge in [0, 0.05) is 11.7 Å². The van der Waals surface area contributed by atoms with Crippen molar-refractivity contribution in [1.82, 2.24) is 9.55 Å².